The molecule has 3 heterocycles. The molecule has 0 radical (unpaired) electrons. The molecule has 8 heteroatoms. The Balaban J connectivity index is 1.33. The van der Waals surface area contributed by atoms with Crippen LogP contribution in [0.15, 0.2) is 42.6 Å². The SMILES string of the molecule is COc1ccc2nccc([C@H](F)CC[C@@H]3CCN(CCCc4ccc(Cl)s4)C[C@@H]3C(=O)O)c2c1. The molecule has 1 N–H and O–H groups in total. The number of benzene rings is 1. The van der Waals surface area contributed by atoms with Gasteiger partial charge in [-0.3, -0.25) is 9.78 Å². The van der Waals surface area contributed by atoms with Gasteiger partial charge >= 0.3 is 5.97 Å². The number of aryl methyl sites for hydroxylation is 1. The molecule has 1 saturated heterocycles. The van der Waals surface area contributed by atoms with Gasteiger partial charge in [-0.25, -0.2) is 4.39 Å². The number of methoxy groups -OCH3 is 1. The minimum absolute atomic E-state index is 0.0225. The molecule has 0 bridgehead atoms. The van der Waals surface area contributed by atoms with Crippen molar-refractivity contribution in [3.05, 3.63) is 57.4 Å². The summed E-state index contributed by atoms with van der Waals surface area (Å²) >= 11 is 7.60. The average Bonchev–Trinajstić information content (AvgIpc) is 3.26. The average molecular weight is 505 g/mol. The second-order valence-corrected chi connectivity index (χ2v) is 10.7. The summed E-state index contributed by atoms with van der Waals surface area (Å²) in [5.41, 5.74) is 1.31. The van der Waals surface area contributed by atoms with Crippen LogP contribution in [0, 0.1) is 11.8 Å². The highest BCUT2D eigenvalue weighted by molar-refractivity contribution is 7.16. The van der Waals surface area contributed by atoms with E-state index in [2.05, 4.69) is 16.0 Å². The first-order valence-corrected chi connectivity index (χ1v) is 12.9. The van der Waals surface area contributed by atoms with E-state index in [4.69, 9.17) is 16.3 Å². The number of halogens is 2. The predicted octanol–water partition coefficient (Wildman–Crippen LogP) is 6.40. The number of rotatable bonds is 10. The summed E-state index contributed by atoms with van der Waals surface area (Å²) in [4.78, 5) is 19.8. The van der Waals surface area contributed by atoms with Crippen LogP contribution in [-0.2, 0) is 11.2 Å². The molecular formula is C26H30ClFN2O3S. The number of fused-ring (bicyclic) bond motifs is 1. The summed E-state index contributed by atoms with van der Waals surface area (Å²) in [7, 11) is 1.58. The zero-order chi connectivity index (χ0) is 24.1. The summed E-state index contributed by atoms with van der Waals surface area (Å²) in [6, 6.07) is 11.1. The molecule has 34 heavy (non-hydrogen) atoms. The van der Waals surface area contributed by atoms with E-state index in [1.54, 1.807) is 30.7 Å². The minimum atomic E-state index is -1.18. The van der Waals surface area contributed by atoms with E-state index in [9.17, 15) is 9.90 Å². The zero-order valence-corrected chi connectivity index (χ0v) is 20.8. The fraction of sp³-hybridized carbons (Fsp3) is 0.462. The number of hydrogen-bond acceptors (Lipinski definition) is 5. The monoisotopic (exact) mass is 504 g/mol. The molecule has 4 rings (SSSR count). The molecule has 182 valence electrons. The Morgan fingerprint density at radius 3 is 2.94 bits per heavy atom. The van der Waals surface area contributed by atoms with E-state index in [0.717, 1.165) is 47.6 Å². The van der Waals surface area contributed by atoms with Crippen molar-refractivity contribution in [3.63, 3.8) is 0 Å². The smallest absolute Gasteiger partial charge is 0.308 e. The summed E-state index contributed by atoms with van der Waals surface area (Å²) in [5, 5.41) is 10.6. The molecule has 0 aliphatic carbocycles. The number of thiophene rings is 1. The lowest BCUT2D eigenvalue weighted by Crippen LogP contribution is -2.44. The molecular weight excluding hydrogens is 475 g/mol. The van der Waals surface area contributed by atoms with Crippen LogP contribution in [0.25, 0.3) is 10.9 Å². The number of likely N-dealkylation sites (tertiary alicyclic amines) is 1. The lowest BCUT2D eigenvalue weighted by Gasteiger charge is -2.36. The first kappa shape index (κ1) is 24.9. The normalized spacial score (nSPS) is 19.9. The van der Waals surface area contributed by atoms with E-state index in [1.165, 1.54) is 4.88 Å². The van der Waals surface area contributed by atoms with Gasteiger partial charge < -0.3 is 14.7 Å². The largest absolute Gasteiger partial charge is 0.497 e. The van der Waals surface area contributed by atoms with Crippen LogP contribution < -0.4 is 4.74 Å². The van der Waals surface area contributed by atoms with Crippen molar-refractivity contribution in [3.8, 4) is 5.75 Å². The van der Waals surface area contributed by atoms with Crippen molar-refractivity contribution >= 4 is 39.8 Å². The summed E-state index contributed by atoms with van der Waals surface area (Å²) in [6.45, 7) is 2.24. The quantitative estimate of drug-likeness (QED) is 0.346. The molecule has 0 amide bonds. The number of carboxylic acids is 1. The van der Waals surface area contributed by atoms with Crippen molar-refractivity contribution in [2.75, 3.05) is 26.7 Å². The third-order valence-electron chi connectivity index (χ3n) is 6.79. The molecule has 2 aromatic heterocycles. The first-order valence-electron chi connectivity index (χ1n) is 11.7. The number of aliphatic carboxylic acids is 1. The third-order valence-corrected chi connectivity index (χ3v) is 8.09. The van der Waals surface area contributed by atoms with Gasteiger partial charge in [-0.15, -0.1) is 11.3 Å². The number of alkyl halides is 1. The summed E-state index contributed by atoms with van der Waals surface area (Å²) in [5.74, 6) is -0.610. The number of nitrogens with zero attached hydrogens (tertiary/aromatic N) is 2. The maximum atomic E-state index is 15.4. The maximum Gasteiger partial charge on any atom is 0.308 e. The molecule has 5 nitrogen and oxygen atoms in total. The van der Waals surface area contributed by atoms with Gasteiger partial charge in [0.15, 0.2) is 0 Å². The number of hydrogen-bond donors (Lipinski definition) is 1. The summed E-state index contributed by atoms with van der Waals surface area (Å²) < 4.78 is 21.4. The highest BCUT2D eigenvalue weighted by Crippen LogP contribution is 2.35. The number of aromatic nitrogens is 1. The zero-order valence-electron chi connectivity index (χ0n) is 19.3. The minimum Gasteiger partial charge on any atom is -0.497 e. The van der Waals surface area contributed by atoms with Crippen LogP contribution in [0.4, 0.5) is 4.39 Å². The maximum absolute atomic E-state index is 15.4. The number of carbonyl (C=O) groups is 1. The van der Waals surface area contributed by atoms with Gasteiger partial charge in [0.1, 0.15) is 11.9 Å². The van der Waals surface area contributed by atoms with Crippen molar-refractivity contribution < 1.29 is 19.0 Å². The second-order valence-electron chi connectivity index (χ2n) is 8.93. The van der Waals surface area contributed by atoms with Crippen molar-refractivity contribution in [1.29, 1.82) is 0 Å². The van der Waals surface area contributed by atoms with Gasteiger partial charge in [-0.1, -0.05) is 11.6 Å². The number of carboxylic acid groups (broad SMARTS) is 1. The molecule has 3 atom stereocenters. The number of pyridine rings is 1. The van der Waals surface area contributed by atoms with E-state index < -0.39 is 18.1 Å². The van der Waals surface area contributed by atoms with E-state index >= 15 is 4.39 Å². The van der Waals surface area contributed by atoms with Crippen LogP contribution in [0.5, 0.6) is 5.75 Å². The standard InChI is InChI=1S/C26H30ClFN2O3S/c1-33-18-5-8-24-21(15-18)20(10-12-29-24)23(28)7-4-17-11-14-30(16-22(17)26(31)32)13-2-3-19-6-9-25(27)34-19/h5-6,8-10,12,15,17,22-23H,2-4,7,11,13-14,16H2,1H3,(H,31,32)/t17-,22+,23-/m1/s1. The molecule has 1 aromatic carbocycles. The van der Waals surface area contributed by atoms with E-state index in [-0.39, 0.29) is 5.92 Å². The van der Waals surface area contributed by atoms with Crippen molar-refractivity contribution in [1.82, 2.24) is 9.88 Å². The predicted molar refractivity (Wildman–Crippen MR) is 135 cm³/mol. The van der Waals surface area contributed by atoms with Crippen LogP contribution in [0.3, 0.4) is 0 Å². The number of ether oxygens (including phenoxy) is 1. The third kappa shape index (κ3) is 6.06. The molecule has 1 aliphatic heterocycles. The van der Waals surface area contributed by atoms with Gasteiger partial charge in [0.2, 0.25) is 0 Å². The first-order chi connectivity index (χ1) is 16.4. The Morgan fingerprint density at radius 2 is 2.21 bits per heavy atom. The van der Waals surface area contributed by atoms with E-state index in [0.29, 0.717) is 30.7 Å². The van der Waals surface area contributed by atoms with Gasteiger partial charge in [0.05, 0.1) is 22.9 Å². The lowest BCUT2D eigenvalue weighted by atomic mass is 9.81. The molecule has 0 saturated carbocycles. The van der Waals surface area contributed by atoms with Crippen molar-refractivity contribution in [2.24, 2.45) is 11.8 Å². The Bertz CT molecular complexity index is 1120. The molecule has 0 unspecified atom stereocenters. The Labute approximate surface area is 208 Å². The topological polar surface area (TPSA) is 62.7 Å². The molecule has 1 fully saturated rings. The van der Waals surface area contributed by atoms with Crippen LogP contribution in [0.1, 0.15) is 42.3 Å². The van der Waals surface area contributed by atoms with Crippen molar-refractivity contribution in [2.45, 2.75) is 38.3 Å². The lowest BCUT2D eigenvalue weighted by molar-refractivity contribution is -0.146. The van der Waals surface area contributed by atoms with Gasteiger partial charge in [-0.05, 0) is 93.1 Å². The van der Waals surface area contributed by atoms with Crippen LogP contribution in [-0.4, -0.2) is 47.7 Å². The highest BCUT2D eigenvalue weighted by Gasteiger charge is 2.34. The fourth-order valence-electron chi connectivity index (χ4n) is 4.92. The Morgan fingerprint density at radius 1 is 1.35 bits per heavy atom. The van der Waals surface area contributed by atoms with Gasteiger partial charge in [0.25, 0.3) is 0 Å². The van der Waals surface area contributed by atoms with Crippen LogP contribution >= 0.6 is 22.9 Å². The summed E-state index contributed by atoms with van der Waals surface area (Å²) in [6.07, 6.45) is 3.99. The molecule has 1 aliphatic rings. The molecule has 0 spiro atoms. The number of piperidine rings is 1. The highest BCUT2D eigenvalue weighted by atomic mass is 35.5. The fourth-order valence-corrected chi connectivity index (χ4v) is 6.05. The molecule has 3 aromatic rings. The van der Waals surface area contributed by atoms with Gasteiger partial charge in [-0.2, -0.15) is 0 Å². The second kappa shape index (κ2) is 11.5. The van der Waals surface area contributed by atoms with Gasteiger partial charge in [0, 0.05) is 23.0 Å². The Hall–Kier alpha value is -2.22. The van der Waals surface area contributed by atoms with Crippen LogP contribution in [0.2, 0.25) is 4.34 Å². The van der Waals surface area contributed by atoms with E-state index in [1.807, 2.05) is 24.3 Å². The Kier molecular flexibility index (Phi) is 8.40.